The van der Waals surface area contributed by atoms with E-state index in [9.17, 15) is 4.79 Å². The molecule has 0 fully saturated rings. The number of furan rings is 1. The van der Waals surface area contributed by atoms with E-state index in [1.165, 1.54) is 10.4 Å². The second kappa shape index (κ2) is 6.72. The Morgan fingerprint density at radius 1 is 1.44 bits per heavy atom. The van der Waals surface area contributed by atoms with Crippen molar-refractivity contribution in [2.45, 2.75) is 26.4 Å². The van der Waals surface area contributed by atoms with Crippen LogP contribution in [-0.4, -0.2) is 34.0 Å². The zero-order valence-electron chi connectivity index (χ0n) is 13.9. The van der Waals surface area contributed by atoms with Crippen molar-refractivity contribution in [3.05, 3.63) is 40.9 Å². The molecular weight excluding hydrogens is 338 g/mol. The lowest BCUT2D eigenvalue weighted by molar-refractivity contribution is 0.192. The fraction of sp³-hybridized carbons (Fsp3) is 0.353. The molecule has 0 atom stereocenters. The maximum Gasteiger partial charge on any atom is 0.318 e. The summed E-state index contributed by atoms with van der Waals surface area (Å²) in [6.45, 7) is 4.56. The van der Waals surface area contributed by atoms with Gasteiger partial charge in [0, 0.05) is 18.0 Å². The highest BCUT2D eigenvalue weighted by atomic mass is 32.1. The monoisotopic (exact) mass is 357 g/mol. The second-order valence-corrected chi connectivity index (χ2v) is 6.93. The predicted molar refractivity (Wildman–Crippen MR) is 96.6 cm³/mol. The lowest BCUT2D eigenvalue weighted by Gasteiger charge is -2.27. The van der Waals surface area contributed by atoms with Crippen molar-refractivity contribution in [3.63, 3.8) is 0 Å². The number of hydrogen-bond donors (Lipinski definition) is 2. The van der Waals surface area contributed by atoms with E-state index >= 15 is 0 Å². The minimum Gasteiger partial charge on any atom is -0.467 e. The Labute approximate surface area is 149 Å². The van der Waals surface area contributed by atoms with Gasteiger partial charge in [0.25, 0.3) is 0 Å². The summed E-state index contributed by atoms with van der Waals surface area (Å²) in [5, 5.41) is 7.33. The van der Waals surface area contributed by atoms with Gasteiger partial charge in [0.05, 0.1) is 24.7 Å². The zero-order chi connectivity index (χ0) is 17.2. The number of rotatable bonds is 4. The van der Waals surface area contributed by atoms with Gasteiger partial charge in [-0.25, -0.2) is 14.8 Å². The summed E-state index contributed by atoms with van der Waals surface area (Å²) in [6.07, 6.45) is 4.01. The molecule has 8 heteroatoms. The fourth-order valence-corrected chi connectivity index (χ4v) is 4.29. The van der Waals surface area contributed by atoms with Gasteiger partial charge in [0.1, 0.15) is 22.7 Å². The molecule has 1 aliphatic heterocycles. The van der Waals surface area contributed by atoms with Crippen LogP contribution >= 0.6 is 11.3 Å². The van der Waals surface area contributed by atoms with E-state index in [4.69, 9.17) is 4.42 Å². The summed E-state index contributed by atoms with van der Waals surface area (Å²) >= 11 is 1.65. The number of thiophene rings is 1. The maximum atomic E-state index is 12.4. The highest BCUT2D eigenvalue weighted by Gasteiger charge is 2.26. The van der Waals surface area contributed by atoms with Crippen LogP contribution in [0.5, 0.6) is 0 Å². The second-order valence-electron chi connectivity index (χ2n) is 5.85. The first-order chi connectivity index (χ1) is 12.3. The average Bonchev–Trinajstić information content (AvgIpc) is 3.27. The molecule has 0 spiro atoms. The molecule has 3 aromatic heterocycles. The third-order valence-corrected chi connectivity index (χ3v) is 5.39. The lowest BCUT2D eigenvalue weighted by Crippen LogP contribution is -2.42. The van der Waals surface area contributed by atoms with Crippen LogP contribution in [0.15, 0.2) is 29.1 Å². The molecule has 0 radical (unpaired) electrons. The molecule has 2 N–H and O–H groups in total. The Morgan fingerprint density at radius 3 is 3.16 bits per heavy atom. The molecule has 0 saturated heterocycles. The van der Waals surface area contributed by atoms with Gasteiger partial charge in [0.2, 0.25) is 0 Å². The van der Waals surface area contributed by atoms with Gasteiger partial charge in [-0.05, 0) is 31.0 Å². The number of aromatic nitrogens is 2. The Morgan fingerprint density at radius 2 is 2.36 bits per heavy atom. The van der Waals surface area contributed by atoms with E-state index in [1.54, 1.807) is 23.9 Å². The molecule has 0 aliphatic carbocycles. The van der Waals surface area contributed by atoms with Crippen LogP contribution in [0.1, 0.15) is 23.1 Å². The fourth-order valence-electron chi connectivity index (χ4n) is 3.09. The van der Waals surface area contributed by atoms with Crippen molar-refractivity contribution in [1.29, 1.82) is 0 Å². The van der Waals surface area contributed by atoms with Gasteiger partial charge >= 0.3 is 6.03 Å². The van der Waals surface area contributed by atoms with E-state index in [0.29, 0.717) is 19.6 Å². The van der Waals surface area contributed by atoms with Crippen LogP contribution in [0.25, 0.3) is 10.2 Å². The summed E-state index contributed by atoms with van der Waals surface area (Å²) in [5.74, 6) is 1.64. The van der Waals surface area contributed by atoms with Crippen molar-refractivity contribution < 1.29 is 9.21 Å². The number of nitrogens with zero attached hydrogens (tertiary/aromatic N) is 3. The SMILES string of the molecule is CCNc1ncnc2sc3c(c12)CCN(C(=O)NCc1ccco1)C3. The smallest absolute Gasteiger partial charge is 0.318 e. The van der Waals surface area contributed by atoms with Crippen molar-refractivity contribution in [2.75, 3.05) is 18.4 Å². The molecule has 1 aliphatic rings. The normalized spacial score (nSPS) is 13.7. The number of fused-ring (bicyclic) bond motifs is 3. The summed E-state index contributed by atoms with van der Waals surface area (Å²) < 4.78 is 5.25. The first-order valence-corrected chi connectivity index (χ1v) is 9.12. The number of nitrogens with one attached hydrogen (secondary N) is 2. The molecule has 130 valence electrons. The zero-order valence-corrected chi connectivity index (χ0v) is 14.7. The van der Waals surface area contributed by atoms with E-state index in [-0.39, 0.29) is 6.03 Å². The quantitative estimate of drug-likeness (QED) is 0.750. The number of anilines is 1. The van der Waals surface area contributed by atoms with Gasteiger partial charge < -0.3 is 20.0 Å². The van der Waals surface area contributed by atoms with E-state index in [0.717, 1.165) is 34.8 Å². The molecular formula is C17H19N5O2S. The van der Waals surface area contributed by atoms with Crippen molar-refractivity contribution in [1.82, 2.24) is 20.2 Å². The molecule has 7 nitrogen and oxygen atoms in total. The molecule has 25 heavy (non-hydrogen) atoms. The van der Waals surface area contributed by atoms with Crippen molar-refractivity contribution in [3.8, 4) is 0 Å². The van der Waals surface area contributed by atoms with Gasteiger partial charge in [-0.1, -0.05) is 0 Å². The Kier molecular flexibility index (Phi) is 4.27. The summed E-state index contributed by atoms with van der Waals surface area (Å²) in [5.41, 5.74) is 1.27. The molecule has 4 heterocycles. The molecule has 3 aromatic rings. The molecule has 0 aromatic carbocycles. The third-order valence-electron chi connectivity index (χ3n) is 4.26. The van der Waals surface area contributed by atoms with Gasteiger partial charge in [0.15, 0.2) is 0 Å². The Hall–Kier alpha value is -2.61. The van der Waals surface area contributed by atoms with Crippen LogP contribution in [-0.2, 0) is 19.5 Å². The van der Waals surface area contributed by atoms with Gasteiger partial charge in [-0.15, -0.1) is 11.3 Å². The number of amides is 2. The number of carbonyl (C=O) groups excluding carboxylic acids is 1. The van der Waals surface area contributed by atoms with Crippen molar-refractivity contribution >= 4 is 33.4 Å². The first kappa shape index (κ1) is 15.9. The molecule has 0 bridgehead atoms. The predicted octanol–water partition coefficient (Wildman–Crippen LogP) is 2.98. The topological polar surface area (TPSA) is 83.3 Å². The molecule has 4 rings (SSSR count). The largest absolute Gasteiger partial charge is 0.467 e. The van der Waals surface area contributed by atoms with Crippen LogP contribution in [0.2, 0.25) is 0 Å². The minimum absolute atomic E-state index is 0.0718. The minimum atomic E-state index is -0.0718. The highest BCUT2D eigenvalue weighted by Crippen LogP contribution is 2.37. The van der Waals surface area contributed by atoms with E-state index in [2.05, 4.69) is 27.5 Å². The summed E-state index contributed by atoms with van der Waals surface area (Å²) in [4.78, 5) is 25.2. The maximum absolute atomic E-state index is 12.4. The highest BCUT2D eigenvalue weighted by molar-refractivity contribution is 7.19. The standard InChI is InChI=1S/C17H19N5O2S/c1-2-18-15-14-12-5-6-22(9-13(12)25-16(14)21-10-20-15)17(23)19-8-11-4-3-7-24-11/h3-4,7,10H,2,5-6,8-9H2,1H3,(H,19,23)(H,18,20,21). The lowest BCUT2D eigenvalue weighted by atomic mass is 10.1. The first-order valence-electron chi connectivity index (χ1n) is 8.30. The number of hydrogen-bond acceptors (Lipinski definition) is 6. The average molecular weight is 357 g/mol. The van der Waals surface area contributed by atoms with Crippen molar-refractivity contribution in [2.24, 2.45) is 0 Å². The van der Waals surface area contributed by atoms with E-state index < -0.39 is 0 Å². The molecule has 2 amide bonds. The van der Waals surface area contributed by atoms with Crippen LogP contribution in [0.3, 0.4) is 0 Å². The number of carbonyl (C=O) groups is 1. The van der Waals surface area contributed by atoms with E-state index in [1.807, 2.05) is 17.0 Å². The summed E-state index contributed by atoms with van der Waals surface area (Å²) in [6, 6.07) is 3.59. The Bertz CT molecular complexity index is 890. The number of urea groups is 1. The summed E-state index contributed by atoms with van der Waals surface area (Å²) in [7, 11) is 0. The third kappa shape index (κ3) is 3.05. The molecule has 0 unspecified atom stereocenters. The van der Waals surface area contributed by atoms with Crippen LogP contribution in [0, 0.1) is 0 Å². The Balaban J connectivity index is 1.52. The molecule has 0 saturated carbocycles. The van der Waals surface area contributed by atoms with Crippen LogP contribution in [0.4, 0.5) is 10.6 Å². The van der Waals surface area contributed by atoms with Gasteiger partial charge in [-0.3, -0.25) is 0 Å². The van der Waals surface area contributed by atoms with Crippen LogP contribution < -0.4 is 10.6 Å². The van der Waals surface area contributed by atoms with Gasteiger partial charge in [-0.2, -0.15) is 0 Å².